The highest BCUT2D eigenvalue weighted by Gasteiger charge is 2.22. The van der Waals surface area contributed by atoms with Crippen molar-refractivity contribution in [3.05, 3.63) is 11.6 Å². The number of ether oxygens (including phenoxy) is 1. The number of rotatable bonds is 8. The molecule has 0 radical (unpaired) electrons. The maximum Gasteiger partial charge on any atom is 0.333 e. The fourth-order valence-corrected chi connectivity index (χ4v) is 2.62. The summed E-state index contributed by atoms with van der Waals surface area (Å²) in [5.41, 5.74) is 0.466. The van der Waals surface area contributed by atoms with Gasteiger partial charge in [0, 0.05) is 12.6 Å². The summed E-state index contributed by atoms with van der Waals surface area (Å²) < 4.78 is 4.92. The molecule has 7 heteroatoms. The zero-order valence-electron chi connectivity index (χ0n) is 20.7. The molecule has 1 N–H and O–H groups in total. The molecule has 0 unspecified atom stereocenters. The maximum absolute atomic E-state index is 11.9. The monoisotopic (exact) mass is 427 g/mol. The Labute approximate surface area is 184 Å². The summed E-state index contributed by atoms with van der Waals surface area (Å²) in [6.07, 6.45) is 5.03. The molecular weight excluding hydrogens is 382 g/mol. The van der Waals surface area contributed by atoms with Crippen molar-refractivity contribution < 1.29 is 19.1 Å². The Balaban J connectivity index is 0. The van der Waals surface area contributed by atoms with Gasteiger partial charge in [0.2, 0.25) is 12.3 Å². The first kappa shape index (κ1) is 30.3. The van der Waals surface area contributed by atoms with Crippen LogP contribution in [-0.2, 0) is 19.1 Å². The molecule has 0 aromatic heterocycles. The largest absolute Gasteiger partial charge is 0.463 e. The Morgan fingerprint density at radius 3 is 1.97 bits per heavy atom. The number of amides is 2. The lowest BCUT2D eigenvalue weighted by atomic mass is 10.00. The van der Waals surface area contributed by atoms with Crippen LogP contribution in [-0.4, -0.2) is 74.5 Å². The summed E-state index contributed by atoms with van der Waals surface area (Å²) >= 11 is 0. The number of likely N-dealkylation sites (N-methyl/N-ethyl adjacent to an activating group) is 1. The van der Waals surface area contributed by atoms with Crippen molar-refractivity contribution in [1.29, 1.82) is 0 Å². The van der Waals surface area contributed by atoms with Crippen LogP contribution in [0.3, 0.4) is 0 Å². The van der Waals surface area contributed by atoms with Crippen molar-refractivity contribution in [2.24, 2.45) is 11.8 Å². The first-order valence-electron chi connectivity index (χ1n) is 10.9. The van der Waals surface area contributed by atoms with E-state index in [0.717, 1.165) is 5.92 Å². The molecule has 7 nitrogen and oxygen atoms in total. The summed E-state index contributed by atoms with van der Waals surface area (Å²) in [7, 11) is 3.82. The molecule has 2 amide bonds. The predicted octanol–water partition coefficient (Wildman–Crippen LogP) is 3.10. The van der Waals surface area contributed by atoms with E-state index in [-0.39, 0.29) is 30.4 Å². The number of likely N-dealkylation sites (tertiary alicyclic amines) is 1. The summed E-state index contributed by atoms with van der Waals surface area (Å²) in [5, 5.41) is 2.34. The van der Waals surface area contributed by atoms with E-state index in [0.29, 0.717) is 18.6 Å². The van der Waals surface area contributed by atoms with E-state index in [1.54, 1.807) is 27.0 Å². The van der Waals surface area contributed by atoms with E-state index in [9.17, 15) is 14.4 Å². The van der Waals surface area contributed by atoms with Gasteiger partial charge in [0.05, 0.1) is 19.2 Å². The van der Waals surface area contributed by atoms with Crippen molar-refractivity contribution in [3.8, 4) is 0 Å². The SMILES string of the molecule is CC(C)C.CCOC(=O)/C(C)=C/[C@H](C(C)C)N(C)C(=O)CNC=O.CN1CCCC1. The zero-order valence-corrected chi connectivity index (χ0v) is 20.7. The van der Waals surface area contributed by atoms with E-state index < -0.39 is 0 Å². The Hall–Kier alpha value is -1.89. The molecular formula is C23H45N3O4. The Bertz CT molecular complexity index is 510. The van der Waals surface area contributed by atoms with Gasteiger partial charge < -0.3 is 19.9 Å². The predicted molar refractivity (Wildman–Crippen MR) is 123 cm³/mol. The maximum atomic E-state index is 11.9. The van der Waals surface area contributed by atoms with Crippen LogP contribution >= 0.6 is 0 Å². The van der Waals surface area contributed by atoms with Crippen LogP contribution in [0.25, 0.3) is 0 Å². The van der Waals surface area contributed by atoms with Crippen LogP contribution in [0.15, 0.2) is 11.6 Å². The summed E-state index contributed by atoms with van der Waals surface area (Å²) in [6.45, 7) is 16.7. The molecule has 1 aliphatic heterocycles. The van der Waals surface area contributed by atoms with Gasteiger partial charge in [-0.05, 0) is 58.7 Å². The molecule has 1 saturated heterocycles. The number of hydrogen-bond donors (Lipinski definition) is 1. The fraction of sp³-hybridized carbons (Fsp3) is 0.783. The quantitative estimate of drug-likeness (QED) is 0.366. The molecule has 0 aromatic carbocycles. The van der Waals surface area contributed by atoms with Crippen molar-refractivity contribution >= 4 is 18.3 Å². The standard InChI is InChI=1S/C14H24N2O4.C5H11N.C4H10/c1-6-20-14(19)11(4)7-12(10(2)3)16(5)13(18)8-15-9-17;1-6-4-2-3-5-6;1-4(2)3/h7,9-10,12H,6,8H2,1-5H3,(H,15,17);2-5H2,1H3;4H,1-3H3/b11-7+;;/t12-;;/m1../s1. The second kappa shape index (κ2) is 17.9. The molecule has 1 aliphatic rings. The average molecular weight is 428 g/mol. The van der Waals surface area contributed by atoms with E-state index >= 15 is 0 Å². The van der Waals surface area contributed by atoms with E-state index in [2.05, 4.69) is 38.0 Å². The van der Waals surface area contributed by atoms with Crippen LogP contribution in [0.5, 0.6) is 0 Å². The van der Waals surface area contributed by atoms with Gasteiger partial charge in [-0.1, -0.05) is 40.7 Å². The van der Waals surface area contributed by atoms with Crippen molar-refractivity contribution in [2.45, 2.75) is 67.3 Å². The highest BCUT2D eigenvalue weighted by molar-refractivity contribution is 5.88. The van der Waals surface area contributed by atoms with E-state index in [4.69, 9.17) is 4.74 Å². The lowest BCUT2D eigenvalue weighted by Crippen LogP contribution is -2.43. The second-order valence-corrected chi connectivity index (χ2v) is 8.55. The Morgan fingerprint density at radius 2 is 1.63 bits per heavy atom. The third-order valence-electron chi connectivity index (χ3n) is 4.21. The van der Waals surface area contributed by atoms with Gasteiger partial charge in [0.15, 0.2) is 0 Å². The Kier molecular flexibility index (Phi) is 18.1. The number of nitrogens with zero attached hydrogens (tertiary/aromatic N) is 2. The molecule has 0 bridgehead atoms. The molecule has 1 atom stereocenters. The number of esters is 1. The smallest absolute Gasteiger partial charge is 0.333 e. The van der Waals surface area contributed by atoms with Crippen LogP contribution in [0, 0.1) is 11.8 Å². The van der Waals surface area contributed by atoms with Crippen LogP contribution in [0.4, 0.5) is 0 Å². The van der Waals surface area contributed by atoms with Gasteiger partial charge >= 0.3 is 5.97 Å². The molecule has 0 saturated carbocycles. The number of hydrogen-bond acceptors (Lipinski definition) is 5. The van der Waals surface area contributed by atoms with Gasteiger partial charge in [-0.15, -0.1) is 0 Å². The van der Waals surface area contributed by atoms with Gasteiger partial charge in [-0.25, -0.2) is 4.79 Å². The van der Waals surface area contributed by atoms with Crippen molar-refractivity contribution in [3.63, 3.8) is 0 Å². The molecule has 176 valence electrons. The number of carbonyl (C=O) groups excluding carboxylic acids is 3. The highest BCUT2D eigenvalue weighted by atomic mass is 16.5. The highest BCUT2D eigenvalue weighted by Crippen LogP contribution is 2.14. The number of carbonyl (C=O) groups is 3. The van der Waals surface area contributed by atoms with Crippen molar-refractivity contribution in [1.82, 2.24) is 15.1 Å². The summed E-state index contributed by atoms with van der Waals surface area (Å²) in [4.78, 5) is 37.6. The lowest BCUT2D eigenvalue weighted by Gasteiger charge is -2.29. The normalized spacial score (nSPS) is 14.8. The molecule has 1 rings (SSSR count). The lowest BCUT2D eigenvalue weighted by molar-refractivity contribution is -0.138. The third kappa shape index (κ3) is 16.0. The third-order valence-corrected chi connectivity index (χ3v) is 4.21. The Morgan fingerprint density at radius 1 is 1.13 bits per heavy atom. The average Bonchev–Trinajstić information content (AvgIpc) is 3.14. The van der Waals surface area contributed by atoms with E-state index in [1.165, 1.54) is 30.8 Å². The summed E-state index contributed by atoms with van der Waals surface area (Å²) in [6, 6.07) is -0.236. The molecule has 1 fully saturated rings. The molecule has 0 aromatic rings. The minimum absolute atomic E-state index is 0.0600. The minimum atomic E-state index is -0.384. The number of nitrogens with one attached hydrogen (secondary N) is 1. The van der Waals surface area contributed by atoms with Crippen molar-refractivity contribution in [2.75, 3.05) is 40.3 Å². The fourth-order valence-electron chi connectivity index (χ4n) is 2.62. The second-order valence-electron chi connectivity index (χ2n) is 8.55. The van der Waals surface area contributed by atoms with Crippen LogP contribution in [0.1, 0.15) is 61.3 Å². The first-order chi connectivity index (χ1) is 14.0. The molecule has 1 heterocycles. The summed E-state index contributed by atoms with van der Waals surface area (Å²) in [5.74, 6) is 0.360. The van der Waals surface area contributed by atoms with Crippen LogP contribution < -0.4 is 5.32 Å². The van der Waals surface area contributed by atoms with Gasteiger partial charge in [0.1, 0.15) is 0 Å². The van der Waals surface area contributed by atoms with Gasteiger partial charge in [-0.3, -0.25) is 9.59 Å². The van der Waals surface area contributed by atoms with E-state index in [1.807, 2.05) is 13.8 Å². The zero-order chi connectivity index (χ0) is 23.7. The van der Waals surface area contributed by atoms with Gasteiger partial charge in [-0.2, -0.15) is 0 Å². The topological polar surface area (TPSA) is 79.0 Å². The first-order valence-corrected chi connectivity index (χ1v) is 10.9. The molecule has 0 aliphatic carbocycles. The minimum Gasteiger partial charge on any atom is -0.463 e. The van der Waals surface area contributed by atoms with Crippen LogP contribution in [0.2, 0.25) is 0 Å². The van der Waals surface area contributed by atoms with Gasteiger partial charge in [0.25, 0.3) is 0 Å². The molecule has 0 spiro atoms. The molecule has 30 heavy (non-hydrogen) atoms.